The summed E-state index contributed by atoms with van der Waals surface area (Å²) in [5.41, 5.74) is 1.12. The van der Waals surface area contributed by atoms with Crippen molar-refractivity contribution in [2.24, 2.45) is 5.41 Å². The number of rotatable bonds is 3. The van der Waals surface area contributed by atoms with E-state index in [9.17, 15) is 9.50 Å². The topological polar surface area (TPSA) is 20.2 Å². The van der Waals surface area contributed by atoms with Gasteiger partial charge in [0.2, 0.25) is 0 Å². The van der Waals surface area contributed by atoms with Crippen LogP contribution in [-0.2, 0) is 6.42 Å². The van der Waals surface area contributed by atoms with Gasteiger partial charge in [0.25, 0.3) is 0 Å². The van der Waals surface area contributed by atoms with Crippen LogP contribution in [0, 0.1) is 11.2 Å². The van der Waals surface area contributed by atoms with E-state index in [-0.39, 0.29) is 17.8 Å². The molecule has 1 nitrogen and oxygen atoms in total. The van der Waals surface area contributed by atoms with E-state index in [0.717, 1.165) is 29.3 Å². The Morgan fingerprint density at radius 3 is 2.56 bits per heavy atom. The van der Waals surface area contributed by atoms with Gasteiger partial charge >= 0.3 is 0 Å². The molecule has 0 aliphatic heterocycles. The van der Waals surface area contributed by atoms with Gasteiger partial charge in [-0.25, -0.2) is 4.39 Å². The highest BCUT2D eigenvalue weighted by Crippen LogP contribution is 2.41. The van der Waals surface area contributed by atoms with Crippen molar-refractivity contribution in [1.82, 2.24) is 0 Å². The summed E-state index contributed by atoms with van der Waals surface area (Å²) < 4.78 is 13.8. The number of aliphatic hydroxyl groups is 1. The molecule has 0 spiro atoms. The second-order valence-corrected chi connectivity index (χ2v) is 5.63. The fourth-order valence-electron chi connectivity index (χ4n) is 2.58. The summed E-state index contributed by atoms with van der Waals surface area (Å²) in [7, 11) is 0. The van der Waals surface area contributed by atoms with E-state index in [4.69, 9.17) is 0 Å². The molecule has 0 saturated heterocycles. The lowest BCUT2D eigenvalue weighted by Crippen LogP contribution is -2.24. The molecule has 16 heavy (non-hydrogen) atoms. The van der Waals surface area contributed by atoms with Crippen LogP contribution in [-0.4, -0.2) is 11.7 Å². The summed E-state index contributed by atoms with van der Waals surface area (Å²) in [6, 6.07) is 4.80. The van der Waals surface area contributed by atoms with Crippen LogP contribution < -0.4 is 0 Å². The number of hydrogen-bond donors (Lipinski definition) is 1. The average molecular weight is 287 g/mol. The molecule has 1 fully saturated rings. The lowest BCUT2D eigenvalue weighted by molar-refractivity contribution is 0.130. The standard InChI is InChI=1S/C13H16BrFO/c14-12-7-11(15)4-3-10(12)8-13(9-16)5-1-2-6-13/h3-4,7,16H,1-2,5-6,8-9H2. The Labute approximate surface area is 104 Å². The summed E-state index contributed by atoms with van der Waals surface area (Å²) >= 11 is 3.39. The smallest absolute Gasteiger partial charge is 0.124 e. The predicted molar refractivity (Wildman–Crippen MR) is 65.8 cm³/mol. The van der Waals surface area contributed by atoms with Gasteiger partial charge in [-0.2, -0.15) is 0 Å². The predicted octanol–water partition coefficient (Wildman–Crippen LogP) is 3.68. The number of halogens is 2. The van der Waals surface area contributed by atoms with Crippen molar-refractivity contribution in [1.29, 1.82) is 0 Å². The van der Waals surface area contributed by atoms with Crippen LogP contribution >= 0.6 is 15.9 Å². The van der Waals surface area contributed by atoms with Gasteiger partial charge in [-0.3, -0.25) is 0 Å². The largest absolute Gasteiger partial charge is 0.396 e. The zero-order valence-electron chi connectivity index (χ0n) is 9.18. The molecule has 0 radical (unpaired) electrons. The van der Waals surface area contributed by atoms with Crippen LogP contribution in [0.15, 0.2) is 22.7 Å². The maximum absolute atomic E-state index is 13.0. The van der Waals surface area contributed by atoms with Gasteiger partial charge in [-0.1, -0.05) is 34.8 Å². The van der Waals surface area contributed by atoms with E-state index in [1.165, 1.54) is 25.0 Å². The molecule has 0 unspecified atom stereocenters. The first-order chi connectivity index (χ1) is 7.65. The molecule has 1 aromatic carbocycles. The van der Waals surface area contributed by atoms with E-state index in [1.807, 2.05) is 6.07 Å². The van der Waals surface area contributed by atoms with Crippen molar-refractivity contribution in [3.8, 4) is 0 Å². The van der Waals surface area contributed by atoms with E-state index in [2.05, 4.69) is 15.9 Å². The first-order valence-electron chi connectivity index (χ1n) is 5.70. The quantitative estimate of drug-likeness (QED) is 0.899. The van der Waals surface area contributed by atoms with Crippen LogP contribution in [0.3, 0.4) is 0 Å². The summed E-state index contributed by atoms with van der Waals surface area (Å²) in [5, 5.41) is 9.53. The minimum atomic E-state index is -0.222. The molecule has 2 rings (SSSR count). The molecule has 0 amide bonds. The van der Waals surface area contributed by atoms with Crippen LogP contribution in [0.25, 0.3) is 0 Å². The van der Waals surface area contributed by atoms with Gasteiger partial charge in [0.05, 0.1) is 0 Å². The Kier molecular flexibility index (Phi) is 3.65. The number of hydrogen-bond acceptors (Lipinski definition) is 1. The lowest BCUT2D eigenvalue weighted by atomic mass is 9.81. The third-order valence-electron chi connectivity index (χ3n) is 3.58. The maximum Gasteiger partial charge on any atom is 0.124 e. The van der Waals surface area contributed by atoms with Crippen LogP contribution in [0.5, 0.6) is 0 Å². The Balaban J connectivity index is 2.19. The molecule has 0 bridgehead atoms. The third kappa shape index (κ3) is 2.46. The van der Waals surface area contributed by atoms with E-state index < -0.39 is 0 Å². The van der Waals surface area contributed by atoms with E-state index in [1.54, 1.807) is 0 Å². The summed E-state index contributed by atoms with van der Waals surface area (Å²) in [4.78, 5) is 0. The molecule has 1 saturated carbocycles. The number of aliphatic hydroxyl groups excluding tert-OH is 1. The van der Waals surface area contributed by atoms with Crippen LogP contribution in [0.1, 0.15) is 31.2 Å². The van der Waals surface area contributed by atoms with Gasteiger partial charge < -0.3 is 5.11 Å². The molecule has 3 heteroatoms. The highest BCUT2D eigenvalue weighted by molar-refractivity contribution is 9.10. The monoisotopic (exact) mass is 286 g/mol. The Hall–Kier alpha value is -0.410. The first-order valence-corrected chi connectivity index (χ1v) is 6.49. The van der Waals surface area contributed by atoms with Crippen molar-refractivity contribution < 1.29 is 9.50 Å². The van der Waals surface area contributed by atoms with Crippen LogP contribution in [0.4, 0.5) is 4.39 Å². The maximum atomic E-state index is 13.0. The van der Waals surface area contributed by atoms with E-state index >= 15 is 0 Å². The van der Waals surface area contributed by atoms with Gasteiger partial charge in [0.1, 0.15) is 5.82 Å². The zero-order valence-corrected chi connectivity index (χ0v) is 10.8. The Morgan fingerprint density at radius 1 is 1.31 bits per heavy atom. The molecule has 0 atom stereocenters. The van der Waals surface area contributed by atoms with Crippen molar-refractivity contribution in [3.05, 3.63) is 34.1 Å². The van der Waals surface area contributed by atoms with Crippen molar-refractivity contribution in [2.75, 3.05) is 6.61 Å². The zero-order chi connectivity index (χ0) is 11.6. The van der Waals surface area contributed by atoms with Crippen LogP contribution in [0.2, 0.25) is 0 Å². The summed E-state index contributed by atoms with van der Waals surface area (Å²) in [5.74, 6) is -0.222. The normalized spacial score (nSPS) is 18.9. The fraction of sp³-hybridized carbons (Fsp3) is 0.538. The van der Waals surface area contributed by atoms with Crippen molar-refractivity contribution >= 4 is 15.9 Å². The molecular formula is C13H16BrFO. The Bertz CT molecular complexity index is 372. The summed E-state index contributed by atoms with van der Waals surface area (Å²) in [6.07, 6.45) is 5.38. The van der Waals surface area contributed by atoms with Crippen molar-refractivity contribution in [3.63, 3.8) is 0 Å². The van der Waals surface area contributed by atoms with E-state index in [0.29, 0.717) is 0 Å². The van der Waals surface area contributed by atoms with Gasteiger partial charge in [0, 0.05) is 11.1 Å². The van der Waals surface area contributed by atoms with Crippen molar-refractivity contribution in [2.45, 2.75) is 32.1 Å². The SMILES string of the molecule is OCC1(Cc2ccc(F)cc2Br)CCCC1. The molecule has 88 valence electrons. The molecule has 0 heterocycles. The first kappa shape index (κ1) is 12.1. The van der Waals surface area contributed by atoms with Gasteiger partial charge in [0.15, 0.2) is 0 Å². The number of benzene rings is 1. The molecular weight excluding hydrogens is 271 g/mol. The fourth-order valence-corrected chi connectivity index (χ4v) is 3.08. The molecule has 1 aromatic rings. The molecule has 0 aromatic heterocycles. The van der Waals surface area contributed by atoms with Gasteiger partial charge in [-0.05, 0) is 42.4 Å². The van der Waals surface area contributed by atoms with Gasteiger partial charge in [-0.15, -0.1) is 0 Å². The average Bonchev–Trinajstić information content (AvgIpc) is 2.72. The second-order valence-electron chi connectivity index (χ2n) is 4.78. The summed E-state index contributed by atoms with van der Waals surface area (Å²) in [6.45, 7) is 0.233. The highest BCUT2D eigenvalue weighted by Gasteiger charge is 2.33. The lowest BCUT2D eigenvalue weighted by Gasteiger charge is -2.27. The Morgan fingerprint density at radius 2 is 2.00 bits per heavy atom. The third-order valence-corrected chi connectivity index (χ3v) is 4.32. The molecule has 1 aliphatic carbocycles. The second kappa shape index (κ2) is 4.84. The minimum absolute atomic E-state index is 0.0281. The molecule has 1 aliphatic rings. The minimum Gasteiger partial charge on any atom is -0.396 e. The highest BCUT2D eigenvalue weighted by atomic mass is 79.9. The molecule has 1 N–H and O–H groups in total.